The van der Waals surface area contributed by atoms with E-state index in [0.29, 0.717) is 10.6 Å². The van der Waals surface area contributed by atoms with Gasteiger partial charge in [0, 0.05) is 11.8 Å². The molecule has 0 fully saturated rings. The Morgan fingerprint density at radius 1 is 1.30 bits per heavy atom. The third-order valence-electron chi connectivity index (χ3n) is 2.65. The number of aromatic nitrogens is 1. The first-order valence-electron chi connectivity index (χ1n) is 6.64. The molecule has 0 radical (unpaired) electrons. The van der Waals surface area contributed by atoms with E-state index in [1.165, 1.54) is 42.2 Å². The molecule has 2 rings (SSSR count). The lowest BCUT2D eigenvalue weighted by molar-refractivity contribution is -0.274. The van der Waals surface area contributed by atoms with E-state index in [4.69, 9.17) is 0 Å². The Labute approximate surface area is 135 Å². The van der Waals surface area contributed by atoms with Gasteiger partial charge in [-0.25, -0.2) is 4.98 Å². The Bertz CT molecular complexity index is 692. The molecule has 4 nitrogen and oxygen atoms in total. The van der Waals surface area contributed by atoms with Crippen molar-refractivity contribution >= 4 is 23.4 Å². The number of rotatable bonds is 5. The molecule has 0 saturated heterocycles. The highest BCUT2D eigenvalue weighted by atomic mass is 32.2. The van der Waals surface area contributed by atoms with Crippen LogP contribution in [0.15, 0.2) is 47.6 Å². The standard InChI is InChI=1S/C15H13F3N2O2S/c1-2-23-13-9-10(7-8-19-13)14(21)20-11-5-3-4-6-12(11)22-15(16,17)18/h3-9H,2H2,1H3,(H,20,21). The van der Waals surface area contributed by atoms with Crippen LogP contribution in [0.3, 0.4) is 0 Å². The Morgan fingerprint density at radius 3 is 2.74 bits per heavy atom. The molecular formula is C15H13F3N2O2S. The quantitative estimate of drug-likeness (QED) is 0.821. The topological polar surface area (TPSA) is 51.2 Å². The van der Waals surface area contributed by atoms with Crippen molar-refractivity contribution in [2.24, 2.45) is 0 Å². The first-order chi connectivity index (χ1) is 10.9. The van der Waals surface area contributed by atoms with Gasteiger partial charge in [0.2, 0.25) is 0 Å². The van der Waals surface area contributed by atoms with Crippen molar-refractivity contribution in [3.63, 3.8) is 0 Å². The molecule has 0 saturated carbocycles. The summed E-state index contributed by atoms with van der Waals surface area (Å²) in [6.45, 7) is 1.95. The zero-order valence-corrected chi connectivity index (χ0v) is 12.9. The van der Waals surface area contributed by atoms with Crippen LogP contribution in [0.2, 0.25) is 0 Å². The van der Waals surface area contributed by atoms with Crippen molar-refractivity contribution in [1.29, 1.82) is 0 Å². The molecule has 0 bridgehead atoms. The van der Waals surface area contributed by atoms with E-state index in [0.717, 1.165) is 11.8 Å². The van der Waals surface area contributed by atoms with Gasteiger partial charge in [-0.1, -0.05) is 19.1 Å². The number of carbonyl (C=O) groups is 1. The minimum absolute atomic E-state index is 0.0590. The number of anilines is 1. The van der Waals surface area contributed by atoms with E-state index in [2.05, 4.69) is 15.0 Å². The third kappa shape index (κ3) is 5.17. The summed E-state index contributed by atoms with van der Waals surface area (Å²) in [7, 11) is 0. The van der Waals surface area contributed by atoms with Gasteiger partial charge in [-0.3, -0.25) is 4.79 Å². The predicted molar refractivity (Wildman–Crippen MR) is 81.7 cm³/mol. The SMILES string of the molecule is CCSc1cc(C(=O)Nc2ccccc2OC(F)(F)F)ccn1. The maximum atomic E-state index is 12.4. The molecule has 0 aliphatic heterocycles. The number of carbonyl (C=O) groups excluding carboxylic acids is 1. The number of pyridine rings is 1. The normalized spacial score (nSPS) is 11.1. The van der Waals surface area contributed by atoms with Gasteiger partial charge in [0.1, 0.15) is 0 Å². The molecule has 1 N–H and O–H groups in total. The fourth-order valence-corrected chi connectivity index (χ4v) is 2.40. The number of para-hydroxylation sites is 2. The van der Waals surface area contributed by atoms with Crippen LogP contribution in [0.1, 0.15) is 17.3 Å². The van der Waals surface area contributed by atoms with Gasteiger partial charge in [0.25, 0.3) is 5.91 Å². The lowest BCUT2D eigenvalue weighted by Crippen LogP contribution is -2.19. The number of nitrogens with zero attached hydrogens (tertiary/aromatic N) is 1. The molecule has 1 heterocycles. The molecule has 0 atom stereocenters. The molecule has 8 heteroatoms. The average Bonchev–Trinajstić information content (AvgIpc) is 2.48. The van der Waals surface area contributed by atoms with E-state index in [1.807, 2.05) is 6.92 Å². The minimum Gasteiger partial charge on any atom is -0.404 e. The minimum atomic E-state index is -4.83. The van der Waals surface area contributed by atoms with Crippen molar-refractivity contribution in [3.8, 4) is 5.75 Å². The summed E-state index contributed by atoms with van der Waals surface area (Å²) in [6.07, 6.45) is -3.35. The number of thioether (sulfide) groups is 1. The van der Waals surface area contributed by atoms with Crippen LogP contribution in [0, 0.1) is 0 Å². The first-order valence-corrected chi connectivity index (χ1v) is 7.62. The number of hydrogen-bond donors (Lipinski definition) is 1. The van der Waals surface area contributed by atoms with Gasteiger partial charge >= 0.3 is 6.36 Å². The Balaban J connectivity index is 2.19. The summed E-state index contributed by atoms with van der Waals surface area (Å²) >= 11 is 1.46. The molecule has 0 spiro atoms. The second-order valence-corrected chi connectivity index (χ2v) is 5.60. The van der Waals surface area contributed by atoms with Gasteiger partial charge in [-0.05, 0) is 30.0 Å². The van der Waals surface area contributed by atoms with E-state index >= 15 is 0 Å². The van der Waals surface area contributed by atoms with E-state index in [-0.39, 0.29) is 5.69 Å². The summed E-state index contributed by atoms with van der Waals surface area (Å²) in [4.78, 5) is 16.3. The molecule has 1 aromatic heterocycles. The molecule has 2 aromatic rings. The summed E-state index contributed by atoms with van der Waals surface area (Å²) < 4.78 is 41.0. The fraction of sp³-hybridized carbons (Fsp3) is 0.200. The number of amides is 1. The van der Waals surface area contributed by atoms with Crippen LogP contribution in [0.25, 0.3) is 0 Å². The fourth-order valence-electron chi connectivity index (χ4n) is 1.76. The van der Waals surface area contributed by atoms with Crippen LogP contribution in [-0.4, -0.2) is 23.0 Å². The summed E-state index contributed by atoms with van der Waals surface area (Å²) in [5.41, 5.74) is 0.245. The highest BCUT2D eigenvalue weighted by molar-refractivity contribution is 7.99. The van der Waals surface area contributed by atoms with Gasteiger partial charge in [-0.2, -0.15) is 0 Å². The zero-order chi connectivity index (χ0) is 16.9. The monoisotopic (exact) mass is 342 g/mol. The summed E-state index contributed by atoms with van der Waals surface area (Å²) in [6, 6.07) is 8.43. The Kier molecular flexibility index (Phi) is 5.49. The van der Waals surface area contributed by atoms with Gasteiger partial charge in [0.05, 0.1) is 10.7 Å². The molecular weight excluding hydrogens is 329 g/mol. The van der Waals surface area contributed by atoms with Crippen molar-refractivity contribution in [2.75, 3.05) is 11.1 Å². The Morgan fingerprint density at radius 2 is 2.04 bits per heavy atom. The summed E-state index contributed by atoms with van der Waals surface area (Å²) in [5.74, 6) is -0.213. The number of hydrogen-bond acceptors (Lipinski definition) is 4. The van der Waals surface area contributed by atoms with E-state index < -0.39 is 18.0 Å². The second kappa shape index (κ2) is 7.36. The second-order valence-electron chi connectivity index (χ2n) is 4.31. The van der Waals surface area contributed by atoms with Crippen LogP contribution < -0.4 is 10.1 Å². The van der Waals surface area contributed by atoms with Gasteiger partial charge in [-0.15, -0.1) is 24.9 Å². The van der Waals surface area contributed by atoms with Crippen LogP contribution >= 0.6 is 11.8 Å². The predicted octanol–water partition coefficient (Wildman–Crippen LogP) is 4.34. The maximum Gasteiger partial charge on any atom is 0.573 e. The largest absolute Gasteiger partial charge is 0.573 e. The lowest BCUT2D eigenvalue weighted by atomic mass is 10.2. The van der Waals surface area contributed by atoms with Crippen LogP contribution in [0.4, 0.5) is 18.9 Å². The Hall–Kier alpha value is -2.22. The van der Waals surface area contributed by atoms with Crippen LogP contribution in [-0.2, 0) is 0 Å². The number of benzene rings is 1. The van der Waals surface area contributed by atoms with Gasteiger partial charge in [0.15, 0.2) is 5.75 Å². The average molecular weight is 342 g/mol. The lowest BCUT2D eigenvalue weighted by Gasteiger charge is -2.14. The molecule has 0 unspecified atom stereocenters. The summed E-state index contributed by atoms with van der Waals surface area (Å²) in [5, 5.41) is 3.08. The third-order valence-corrected chi connectivity index (χ3v) is 3.46. The molecule has 122 valence electrons. The van der Waals surface area contributed by atoms with Crippen molar-refractivity contribution in [3.05, 3.63) is 48.2 Å². The van der Waals surface area contributed by atoms with E-state index in [1.54, 1.807) is 6.07 Å². The highest BCUT2D eigenvalue weighted by Gasteiger charge is 2.32. The van der Waals surface area contributed by atoms with Gasteiger partial charge < -0.3 is 10.1 Å². The van der Waals surface area contributed by atoms with Crippen molar-refractivity contribution in [1.82, 2.24) is 4.98 Å². The van der Waals surface area contributed by atoms with Crippen LogP contribution in [0.5, 0.6) is 5.75 Å². The number of halogens is 3. The highest BCUT2D eigenvalue weighted by Crippen LogP contribution is 2.30. The zero-order valence-electron chi connectivity index (χ0n) is 12.1. The van der Waals surface area contributed by atoms with Crippen molar-refractivity contribution < 1.29 is 22.7 Å². The van der Waals surface area contributed by atoms with E-state index in [9.17, 15) is 18.0 Å². The first kappa shape index (κ1) is 17.1. The molecule has 23 heavy (non-hydrogen) atoms. The molecule has 1 aromatic carbocycles. The molecule has 0 aliphatic carbocycles. The maximum absolute atomic E-state index is 12.4. The smallest absolute Gasteiger partial charge is 0.404 e. The molecule has 0 aliphatic rings. The number of ether oxygens (including phenoxy) is 1. The number of alkyl halides is 3. The van der Waals surface area contributed by atoms with Crippen molar-refractivity contribution in [2.45, 2.75) is 18.3 Å². The molecule has 1 amide bonds. The number of nitrogens with one attached hydrogen (secondary N) is 1.